The van der Waals surface area contributed by atoms with Crippen molar-refractivity contribution in [3.63, 3.8) is 0 Å². The first kappa shape index (κ1) is 14.8. The van der Waals surface area contributed by atoms with Gasteiger partial charge < -0.3 is 10.6 Å². The topological polar surface area (TPSA) is 46.3 Å². The Kier molecular flexibility index (Phi) is 5.21. The van der Waals surface area contributed by atoms with E-state index in [0.717, 1.165) is 28.5 Å². The van der Waals surface area contributed by atoms with Crippen LogP contribution in [0.15, 0.2) is 24.3 Å². The highest BCUT2D eigenvalue weighted by Gasteiger charge is 2.33. The summed E-state index contributed by atoms with van der Waals surface area (Å²) in [7, 11) is 0. The molecule has 0 aromatic heterocycles. The van der Waals surface area contributed by atoms with Gasteiger partial charge in [-0.15, -0.1) is 0 Å². The SMILES string of the molecule is CCN(C(=O)c1ccccc1I)C1CCCC1CN. The van der Waals surface area contributed by atoms with Crippen LogP contribution in [0.1, 0.15) is 36.5 Å². The van der Waals surface area contributed by atoms with Crippen molar-refractivity contribution in [3.05, 3.63) is 33.4 Å². The van der Waals surface area contributed by atoms with Crippen LogP contribution in [-0.2, 0) is 0 Å². The van der Waals surface area contributed by atoms with Gasteiger partial charge in [0.1, 0.15) is 0 Å². The van der Waals surface area contributed by atoms with Crippen LogP contribution in [0, 0.1) is 9.49 Å². The van der Waals surface area contributed by atoms with Gasteiger partial charge in [0, 0.05) is 16.2 Å². The Morgan fingerprint density at radius 2 is 2.16 bits per heavy atom. The highest BCUT2D eigenvalue weighted by atomic mass is 127. The summed E-state index contributed by atoms with van der Waals surface area (Å²) in [6.45, 7) is 3.49. The Labute approximate surface area is 128 Å². The van der Waals surface area contributed by atoms with Crippen molar-refractivity contribution in [2.75, 3.05) is 13.1 Å². The normalized spacial score (nSPS) is 22.5. The zero-order valence-corrected chi connectivity index (χ0v) is 13.5. The molecule has 2 N–H and O–H groups in total. The first-order valence-electron chi connectivity index (χ1n) is 6.94. The fraction of sp³-hybridized carbons (Fsp3) is 0.533. The van der Waals surface area contributed by atoms with Gasteiger partial charge in [-0.3, -0.25) is 4.79 Å². The maximum Gasteiger partial charge on any atom is 0.255 e. The molecular weight excluding hydrogens is 351 g/mol. The highest BCUT2D eigenvalue weighted by molar-refractivity contribution is 14.1. The van der Waals surface area contributed by atoms with Crippen molar-refractivity contribution in [2.45, 2.75) is 32.2 Å². The first-order chi connectivity index (χ1) is 9.19. The Balaban J connectivity index is 2.22. The summed E-state index contributed by atoms with van der Waals surface area (Å²) < 4.78 is 1.02. The molecule has 19 heavy (non-hydrogen) atoms. The van der Waals surface area contributed by atoms with Crippen molar-refractivity contribution in [3.8, 4) is 0 Å². The minimum atomic E-state index is 0.151. The molecule has 1 aliphatic carbocycles. The van der Waals surface area contributed by atoms with E-state index < -0.39 is 0 Å². The number of benzene rings is 1. The number of hydrogen-bond donors (Lipinski definition) is 1. The summed E-state index contributed by atoms with van der Waals surface area (Å²) in [6, 6.07) is 8.11. The Morgan fingerprint density at radius 1 is 1.42 bits per heavy atom. The monoisotopic (exact) mass is 372 g/mol. The van der Waals surface area contributed by atoms with E-state index in [0.29, 0.717) is 18.5 Å². The molecule has 0 saturated heterocycles. The van der Waals surface area contributed by atoms with Gasteiger partial charge in [-0.25, -0.2) is 0 Å². The lowest BCUT2D eigenvalue weighted by Gasteiger charge is -2.32. The maximum absolute atomic E-state index is 12.7. The van der Waals surface area contributed by atoms with Gasteiger partial charge >= 0.3 is 0 Å². The molecule has 104 valence electrons. The minimum Gasteiger partial charge on any atom is -0.336 e. The van der Waals surface area contributed by atoms with E-state index in [-0.39, 0.29) is 5.91 Å². The second kappa shape index (κ2) is 6.70. The number of amides is 1. The molecule has 1 aliphatic rings. The van der Waals surface area contributed by atoms with Crippen LogP contribution in [0.2, 0.25) is 0 Å². The number of nitrogens with zero attached hydrogens (tertiary/aromatic N) is 1. The number of carbonyl (C=O) groups is 1. The molecule has 1 saturated carbocycles. The lowest BCUT2D eigenvalue weighted by Crippen LogP contribution is -2.44. The Hall–Kier alpha value is -0.620. The first-order valence-corrected chi connectivity index (χ1v) is 8.02. The summed E-state index contributed by atoms with van der Waals surface area (Å²) >= 11 is 2.23. The van der Waals surface area contributed by atoms with Crippen LogP contribution in [0.25, 0.3) is 0 Å². The largest absolute Gasteiger partial charge is 0.336 e. The molecule has 0 aliphatic heterocycles. The van der Waals surface area contributed by atoms with E-state index in [2.05, 4.69) is 29.5 Å². The third kappa shape index (κ3) is 3.11. The van der Waals surface area contributed by atoms with Gasteiger partial charge in [0.15, 0.2) is 0 Å². The second-order valence-corrected chi connectivity index (χ2v) is 6.23. The molecule has 4 heteroatoms. The fourth-order valence-electron chi connectivity index (χ4n) is 3.02. The molecular formula is C15H21IN2O. The molecule has 2 rings (SSSR count). The van der Waals surface area contributed by atoms with Gasteiger partial charge in [0.05, 0.1) is 5.56 Å². The zero-order valence-electron chi connectivity index (χ0n) is 11.3. The van der Waals surface area contributed by atoms with Crippen molar-refractivity contribution >= 4 is 28.5 Å². The summed E-state index contributed by atoms with van der Waals surface area (Å²) in [5.41, 5.74) is 6.66. The molecule has 2 unspecified atom stereocenters. The van der Waals surface area contributed by atoms with Gasteiger partial charge in [0.25, 0.3) is 5.91 Å². The van der Waals surface area contributed by atoms with Crippen molar-refractivity contribution in [1.29, 1.82) is 0 Å². The zero-order chi connectivity index (χ0) is 13.8. The Bertz CT molecular complexity index is 450. The van der Waals surface area contributed by atoms with E-state index >= 15 is 0 Å². The smallest absolute Gasteiger partial charge is 0.255 e. The fourth-order valence-corrected chi connectivity index (χ4v) is 3.64. The predicted molar refractivity (Wildman–Crippen MR) is 86.1 cm³/mol. The molecule has 3 nitrogen and oxygen atoms in total. The molecule has 0 bridgehead atoms. The van der Waals surface area contributed by atoms with Crippen LogP contribution in [0.3, 0.4) is 0 Å². The van der Waals surface area contributed by atoms with E-state index in [1.807, 2.05) is 29.2 Å². The van der Waals surface area contributed by atoms with Crippen LogP contribution in [0.5, 0.6) is 0 Å². The lowest BCUT2D eigenvalue weighted by molar-refractivity contribution is 0.0651. The number of hydrogen-bond acceptors (Lipinski definition) is 2. The lowest BCUT2D eigenvalue weighted by atomic mass is 10.0. The van der Waals surface area contributed by atoms with Crippen molar-refractivity contribution in [2.24, 2.45) is 11.7 Å². The quantitative estimate of drug-likeness (QED) is 0.827. The Morgan fingerprint density at radius 3 is 2.79 bits per heavy atom. The third-order valence-electron chi connectivity index (χ3n) is 4.03. The number of rotatable bonds is 4. The number of nitrogens with two attached hydrogens (primary N) is 1. The van der Waals surface area contributed by atoms with E-state index in [4.69, 9.17) is 5.73 Å². The van der Waals surface area contributed by atoms with Crippen LogP contribution in [0.4, 0.5) is 0 Å². The minimum absolute atomic E-state index is 0.151. The third-order valence-corrected chi connectivity index (χ3v) is 4.97. The van der Waals surface area contributed by atoms with Gasteiger partial charge in [-0.1, -0.05) is 18.6 Å². The van der Waals surface area contributed by atoms with E-state index in [1.54, 1.807) is 0 Å². The second-order valence-electron chi connectivity index (χ2n) is 5.07. The molecule has 1 fully saturated rings. The summed E-state index contributed by atoms with van der Waals surface area (Å²) in [5, 5.41) is 0. The standard InChI is InChI=1S/C15H21IN2O/c1-2-18(14-9-5-6-11(14)10-17)15(19)12-7-3-4-8-13(12)16/h3-4,7-8,11,14H,2,5-6,9-10,17H2,1H3. The van der Waals surface area contributed by atoms with E-state index in [9.17, 15) is 4.79 Å². The molecule has 2 atom stereocenters. The number of halogens is 1. The molecule has 0 heterocycles. The van der Waals surface area contributed by atoms with Gasteiger partial charge in [0.2, 0.25) is 0 Å². The molecule has 1 amide bonds. The summed E-state index contributed by atoms with van der Waals surface area (Å²) in [5.74, 6) is 0.614. The molecule has 0 spiro atoms. The molecule has 0 radical (unpaired) electrons. The maximum atomic E-state index is 12.7. The van der Waals surface area contributed by atoms with Crippen molar-refractivity contribution in [1.82, 2.24) is 4.90 Å². The van der Waals surface area contributed by atoms with Crippen LogP contribution < -0.4 is 5.73 Å². The molecule has 1 aromatic carbocycles. The highest BCUT2D eigenvalue weighted by Crippen LogP contribution is 2.30. The van der Waals surface area contributed by atoms with Crippen molar-refractivity contribution < 1.29 is 4.79 Å². The summed E-state index contributed by atoms with van der Waals surface area (Å²) in [4.78, 5) is 14.7. The average Bonchev–Trinajstić information content (AvgIpc) is 2.88. The predicted octanol–water partition coefficient (Wildman–Crippen LogP) is 2.88. The van der Waals surface area contributed by atoms with Gasteiger partial charge in [-0.05, 0) is 67.0 Å². The van der Waals surface area contributed by atoms with E-state index in [1.165, 1.54) is 6.42 Å². The van der Waals surface area contributed by atoms with Crippen LogP contribution in [-0.4, -0.2) is 29.9 Å². The number of carbonyl (C=O) groups excluding carboxylic acids is 1. The average molecular weight is 372 g/mol. The van der Waals surface area contributed by atoms with Gasteiger partial charge in [-0.2, -0.15) is 0 Å². The molecule has 1 aromatic rings. The summed E-state index contributed by atoms with van der Waals surface area (Å²) in [6.07, 6.45) is 3.42. The van der Waals surface area contributed by atoms with Crippen LogP contribution >= 0.6 is 22.6 Å².